The van der Waals surface area contributed by atoms with Crippen LogP contribution >= 0.6 is 22.9 Å². The predicted molar refractivity (Wildman–Crippen MR) is 86.1 cm³/mol. The van der Waals surface area contributed by atoms with Crippen molar-refractivity contribution in [2.24, 2.45) is 0 Å². The monoisotopic (exact) mass is 313 g/mol. The molecule has 1 atom stereocenters. The quantitative estimate of drug-likeness (QED) is 0.758. The maximum absolute atomic E-state index is 6.09. The van der Waals surface area contributed by atoms with Gasteiger partial charge in [-0.3, -0.25) is 0 Å². The molecule has 0 radical (unpaired) electrons. The van der Waals surface area contributed by atoms with Crippen molar-refractivity contribution in [3.63, 3.8) is 0 Å². The van der Waals surface area contributed by atoms with Crippen molar-refractivity contribution in [1.82, 2.24) is 9.97 Å². The van der Waals surface area contributed by atoms with Crippen molar-refractivity contribution >= 4 is 39.0 Å². The Bertz CT molecular complexity index is 587. The van der Waals surface area contributed by atoms with E-state index in [1.807, 2.05) is 0 Å². The Balaban J connectivity index is 2.50. The summed E-state index contributed by atoms with van der Waals surface area (Å²) < 4.78 is 5.22. The van der Waals surface area contributed by atoms with Gasteiger partial charge in [0.15, 0.2) is 0 Å². The Hall–Kier alpha value is -0.910. The number of aryl methyl sites for hydroxylation is 1. The van der Waals surface area contributed by atoms with Gasteiger partial charge in [-0.25, -0.2) is 4.98 Å². The van der Waals surface area contributed by atoms with E-state index >= 15 is 0 Å². The average Bonchev–Trinajstić information content (AvgIpc) is 2.78. The van der Waals surface area contributed by atoms with Gasteiger partial charge in [0.05, 0.1) is 12.0 Å². The van der Waals surface area contributed by atoms with E-state index in [1.54, 1.807) is 18.4 Å². The number of thiophene rings is 1. The van der Waals surface area contributed by atoms with Crippen LogP contribution in [-0.4, -0.2) is 36.3 Å². The lowest BCUT2D eigenvalue weighted by Crippen LogP contribution is -2.36. The molecule has 0 saturated heterocycles. The Labute approximate surface area is 128 Å². The molecule has 0 spiro atoms. The van der Waals surface area contributed by atoms with Crippen molar-refractivity contribution in [3.05, 3.63) is 16.2 Å². The second kappa shape index (κ2) is 6.70. The molecule has 2 rings (SSSR count). The first kappa shape index (κ1) is 15.5. The molecule has 0 amide bonds. The van der Waals surface area contributed by atoms with Gasteiger partial charge in [-0.05, 0) is 37.9 Å². The molecule has 0 saturated carbocycles. The number of anilines is 1. The van der Waals surface area contributed by atoms with Gasteiger partial charge >= 0.3 is 0 Å². The molecular weight excluding hydrogens is 294 g/mol. The fraction of sp³-hybridized carbons (Fsp3) is 0.571. The summed E-state index contributed by atoms with van der Waals surface area (Å²) in [5.41, 5.74) is 0. The smallest absolute Gasteiger partial charge is 0.225 e. The molecular formula is C14H20ClN3OS. The van der Waals surface area contributed by atoms with Crippen molar-refractivity contribution < 1.29 is 4.74 Å². The number of ether oxygens (including phenoxy) is 1. The molecule has 4 nitrogen and oxygen atoms in total. The topological polar surface area (TPSA) is 38.2 Å². The zero-order valence-corrected chi connectivity index (χ0v) is 13.9. The number of aromatic nitrogens is 2. The van der Waals surface area contributed by atoms with Crippen LogP contribution in [0.15, 0.2) is 6.07 Å². The number of rotatable bonds is 6. The molecule has 20 heavy (non-hydrogen) atoms. The Morgan fingerprint density at radius 1 is 1.45 bits per heavy atom. The van der Waals surface area contributed by atoms with E-state index in [-0.39, 0.29) is 0 Å². The third-order valence-electron chi connectivity index (χ3n) is 3.40. The van der Waals surface area contributed by atoms with Crippen molar-refractivity contribution in [2.45, 2.75) is 33.2 Å². The third kappa shape index (κ3) is 3.22. The summed E-state index contributed by atoms with van der Waals surface area (Å²) in [7, 11) is 1.71. The van der Waals surface area contributed by atoms with E-state index in [9.17, 15) is 0 Å². The average molecular weight is 314 g/mol. The molecule has 0 aliphatic rings. The Kier molecular flexibility index (Phi) is 5.18. The molecule has 0 N–H and O–H groups in total. The van der Waals surface area contributed by atoms with E-state index in [4.69, 9.17) is 16.3 Å². The van der Waals surface area contributed by atoms with Crippen LogP contribution in [0.3, 0.4) is 0 Å². The summed E-state index contributed by atoms with van der Waals surface area (Å²) >= 11 is 7.73. The fourth-order valence-corrected chi connectivity index (χ4v) is 3.25. The lowest BCUT2D eigenvalue weighted by Gasteiger charge is -2.30. The van der Waals surface area contributed by atoms with Crippen LogP contribution in [0.25, 0.3) is 10.2 Å². The number of halogens is 1. The first-order chi connectivity index (χ1) is 9.56. The van der Waals surface area contributed by atoms with Gasteiger partial charge < -0.3 is 9.64 Å². The maximum atomic E-state index is 6.09. The van der Waals surface area contributed by atoms with Gasteiger partial charge in [-0.1, -0.05) is 6.92 Å². The van der Waals surface area contributed by atoms with Crippen LogP contribution in [0.4, 0.5) is 5.82 Å². The summed E-state index contributed by atoms with van der Waals surface area (Å²) in [5, 5.41) is 1.38. The third-order valence-corrected chi connectivity index (χ3v) is 4.51. The van der Waals surface area contributed by atoms with Gasteiger partial charge in [0.2, 0.25) is 5.28 Å². The van der Waals surface area contributed by atoms with Crippen LogP contribution in [0.1, 0.15) is 25.1 Å². The highest BCUT2D eigenvalue weighted by atomic mass is 35.5. The van der Waals surface area contributed by atoms with Crippen LogP contribution in [0.2, 0.25) is 5.28 Å². The second-order valence-corrected chi connectivity index (χ2v) is 6.41. The molecule has 2 aromatic rings. The summed E-state index contributed by atoms with van der Waals surface area (Å²) in [5.74, 6) is 0.913. The minimum Gasteiger partial charge on any atom is -0.383 e. The molecule has 0 fully saturated rings. The molecule has 0 aliphatic carbocycles. The Morgan fingerprint density at radius 2 is 2.20 bits per heavy atom. The zero-order chi connectivity index (χ0) is 14.7. The standard InChI is InChI=1S/C14H20ClN3OS/c1-5-9(2)18(6-7-19-4)12-11-8-10(3)20-13(11)17-14(15)16-12/h8-9H,5-7H2,1-4H3. The number of methoxy groups -OCH3 is 1. The van der Waals surface area contributed by atoms with Crippen molar-refractivity contribution in [2.75, 3.05) is 25.2 Å². The zero-order valence-electron chi connectivity index (χ0n) is 12.3. The fourth-order valence-electron chi connectivity index (χ4n) is 2.17. The second-order valence-electron chi connectivity index (χ2n) is 4.84. The van der Waals surface area contributed by atoms with Gasteiger partial charge in [0.25, 0.3) is 0 Å². The highest BCUT2D eigenvalue weighted by molar-refractivity contribution is 7.18. The highest BCUT2D eigenvalue weighted by Gasteiger charge is 2.19. The number of hydrogen-bond donors (Lipinski definition) is 0. The van der Waals surface area contributed by atoms with Gasteiger partial charge in [-0.2, -0.15) is 4.98 Å². The largest absolute Gasteiger partial charge is 0.383 e. The molecule has 2 aromatic heterocycles. The summed E-state index contributed by atoms with van der Waals surface area (Å²) in [6.45, 7) is 7.90. The number of nitrogens with zero attached hydrogens (tertiary/aromatic N) is 3. The first-order valence-corrected chi connectivity index (χ1v) is 7.95. The number of hydrogen-bond acceptors (Lipinski definition) is 5. The summed E-state index contributed by atoms with van der Waals surface area (Å²) in [6, 6.07) is 2.51. The molecule has 6 heteroatoms. The lowest BCUT2D eigenvalue weighted by molar-refractivity contribution is 0.203. The Morgan fingerprint density at radius 3 is 2.85 bits per heavy atom. The lowest BCUT2D eigenvalue weighted by atomic mass is 10.2. The van der Waals surface area contributed by atoms with Crippen LogP contribution in [-0.2, 0) is 4.74 Å². The molecule has 0 bridgehead atoms. The SMILES string of the molecule is CCC(C)N(CCOC)c1nc(Cl)nc2sc(C)cc12. The first-order valence-electron chi connectivity index (χ1n) is 6.76. The van der Waals surface area contributed by atoms with E-state index in [0.29, 0.717) is 17.9 Å². The number of fused-ring (bicyclic) bond motifs is 1. The van der Waals surface area contributed by atoms with Gasteiger partial charge in [-0.15, -0.1) is 11.3 Å². The van der Waals surface area contributed by atoms with Crippen molar-refractivity contribution in [1.29, 1.82) is 0 Å². The van der Waals surface area contributed by atoms with Crippen molar-refractivity contribution in [3.8, 4) is 0 Å². The van der Waals surface area contributed by atoms with Crippen LogP contribution in [0.5, 0.6) is 0 Å². The van der Waals surface area contributed by atoms with E-state index in [0.717, 1.165) is 29.0 Å². The summed E-state index contributed by atoms with van der Waals surface area (Å²) in [6.07, 6.45) is 1.04. The molecule has 0 aliphatic heterocycles. The van der Waals surface area contributed by atoms with Gasteiger partial charge in [0, 0.05) is 24.6 Å². The summed E-state index contributed by atoms with van der Waals surface area (Å²) in [4.78, 5) is 13.2. The van der Waals surface area contributed by atoms with Crippen LogP contribution < -0.4 is 4.90 Å². The highest BCUT2D eigenvalue weighted by Crippen LogP contribution is 2.32. The normalized spacial score (nSPS) is 12.8. The van der Waals surface area contributed by atoms with E-state index in [2.05, 4.69) is 41.7 Å². The predicted octanol–water partition coefficient (Wildman–Crippen LogP) is 3.90. The minimum atomic E-state index is 0.306. The van der Waals surface area contributed by atoms with E-state index in [1.165, 1.54) is 4.88 Å². The molecule has 0 aromatic carbocycles. The minimum absolute atomic E-state index is 0.306. The van der Waals surface area contributed by atoms with E-state index < -0.39 is 0 Å². The molecule has 1 unspecified atom stereocenters. The molecule has 110 valence electrons. The van der Waals surface area contributed by atoms with Crippen LogP contribution in [0, 0.1) is 6.92 Å². The molecule has 2 heterocycles. The maximum Gasteiger partial charge on any atom is 0.225 e. The van der Waals surface area contributed by atoms with Gasteiger partial charge in [0.1, 0.15) is 10.6 Å².